The number of aryl methyl sites for hydroxylation is 2. The normalized spacial score (nSPS) is 12.4. The predicted molar refractivity (Wildman–Crippen MR) is 118 cm³/mol. The molecule has 1 atom stereocenters. The smallest absolute Gasteiger partial charge is 0.271 e. The standard InChI is InChI=1S/C22H24N2O3S2/c1-4-20(19-12-7-15(2)14-16(19)3)23-22(25)17-8-10-18(11-9-17)24-29(26,27)21-6-5-13-28-21/h5-14,20,24H,4H2,1-3H3,(H,23,25)/t20-/m0/s1. The Labute approximate surface area is 175 Å². The fraction of sp³-hybridized carbons (Fsp3) is 0.227. The van der Waals surface area contributed by atoms with E-state index in [2.05, 4.69) is 22.2 Å². The average molecular weight is 429 g/mol. The molecule has 2 N–H and O–H groups in total. The van der Waals surface area contributed by atoms with Gasteiger partial charge in [-0.25, -0.2) is 8.42 Å². The average Bonchev–Trinajstić information content (AvgIpc) is 3.22. The summed E-state index contributed by atoms with van der Waals surface area (Å²) in [4.78, 5) is 12.7. The van der Waals surface area contributed by atoms with Gasteiger partial charge in [-0.1, -0.05) is 36.8 Å². The fourth-order valence-electron chi connectivity index (χ4n) is 3.17. The van der Waals surface area contributed by atoms with Crippen molar-refractivity contribution in [2.24, 2.45) is 0 Å². The highest BCUT2D eigenvalue weighted by molar-refractivity contribution is 7.94. The fourth-order valence-corrected chi connectivity index (χ4v) is 5.22. The van der Waals surface area contributed by atoms with E-state index in [0.29, 0.717) is 11.3 Å². The van der Waals surface area contributed by atoms with Crippen molar-refractivity contribution in [3.8, 4) is 0 Å². The van der Waals surface area contributed by atoms with Gasteiger partial charge in [-0.05, 0) is 67.1 Å². The van der Waals surface area contributed by atoms with E-state index in [9.17, 15) is 13.2 Å². The van der Waals surface area contributed by atoms with E-state index in [4.69, 9.17) is 0 Å². The molecule has 0 saturated heterocycles. The van der Waals surface area contributed by atoms with Gasteiger partial charge >= 0.3 is 0 Å². The number of rotatable bonds is 7. The zero-order chi connectivity index (χ0) is 21.0. The van der Waals surface area contributed by atoms with Gasteiger partial charge in [0.25, 0.3) is 15.9 Å². The van der Waals surface area contributed by atoms with Crippen LogP contribution < -0.4 is 10.0 Å². The molecule has 1 aromatic heterocycles. The van der Waals surface area contributed by atoms with Crippen molar-refractivity contribution >= 4 is 33.0 Å². The molecule has 3 aromatic rings. The van der Waals surface area contributed by atoms with Crippen LogP contribution >= 0.6 is 11.3 Å². The topological polar surface area (TPSA) is 75.3 Å². The highest BCUT2D eigenvalue weighted by atomic mass is 32.2. The number of thiophene rings is 1. The summed E-state index contributed by atoms with van der Waals surface area (Å²) in [6, 6.07) is 15.8. The van der Waals surface area contributed by atoms with Crippen LogP contribution in [0.3, 0.4) is 0 Å². The maximum atomic E-state index is 12.7. The molecule has 7 heteroatoms. The van der Waals surface area contributed by atoms with Gasteiger partial charge in [-0.2, -0.15) is 0 Å². The molecule has 2 aromatic carbocycles. The number of hydrogen-bond donors (Lipinski definition) is 2. The van der Waals surface area contributed by atoms with Gasteiger partial charge in [0, 0.05) is 11.3 Å². The molecule has 0 spiro atoms. The summed E-state index contributed by atoms with van der Waals surface area (Å²) < 4.78 is 27.4. The summed E-state index contributed by atoms with van der Waals surface area (Å²) in [5.41, 5.74) is 4.33. The van der Waals surface area contributed by atoms with Gasteiger partial charge in [0.15, 0.2) is 0 Å². The van der Waals surface area contributed by atoms with Crippen LogP contribution in [0.25, 0.3) is 0 Å². The van der Waals surface area contributed by atoms with Crippen molar-refractivity contribution in [2.75, 3.05) is 4.72 Å². The van der Waals surface area contributed by atoms with Crippen molar-refractivity contribution in [1.29, 1.82) is 0 Å². The highest BCUT2D eigenvalue weighted by Crippen LogP contribution is 2.23. The first-order chi connectivity index (χ1) is 13.8. The van der Waals surface area contributed by atoms with E-state index in [1.807, 2.05) is 26.8 Å². The SMILES string of the molecule is CC[C@H](NC(=O)c1ccc(NS(=O)(=O)c2cccs2)cc1)c1ccc(C)cc1C. The van der Waals surface area contributed by atoms with Crippen molar-refractivity contribution in [3.63, 3.8) is 0 Å². The number of carbonyl (C=O) groups excluding carboxylic acids is 1. The Morgan fingerprint density at radius 1 is 1.07 bits per heavy atom. The van der Waals surface area contributed by atoms with Gasteiger partial charge in [-0.3, -0.25) is 9.52 Å². The summed E-state index contributed by atoms with van der Waals surface area (Å²) in [6.07, 6.45) is 0.772. The monoisotopic (exact) mass is 428 g/mol. The van der Waals surface area contributed by atoms with Crippen LogP contribution in [0.2, 0.25) is 0 Å². The van der Waals surface area contributed by atoms with E-state index < -0.39 is 10.0 Å². The molecule has 0 aliphatic carbocycles. The largest absolute Gasteiger partial charge is 0.345 e. The van der Waals surface area contributed by atoms with E-state index in [1.165, 1.54) is 5.56 Å². The molecular weight excluding hydrogens is 404 g/mol. The summed E-state index contributed by atoms with van der Waals surface area (Å²) in [6.45, 7) is 6.13. The van der Waals surface area contributed by atoms with Crippen molar-refractivity contribution < 1.29 is 13.2 Å². The quantitative estimate of drug-likeness (QED) is 0.553. The second-order valence-corrected chi connectivity index (χ2v) is 9.77. The number of hydrogen-bond acceptors (Lipinski definition) is 4. The predicted octanol–water partition coefficient (Wildman–Crippen LogP) is 5.05. The first kappa shape index (κ1) is 21.1. The molecule has 1 amide bonds. The van der Waals surface area contributed by atoms with Crippen LogP contribution in [-0.4, -0.2) is 14.3 Å². The number of carbonyl (C=O) groups is 1. The minimum Gasteiger partial charge on any atom is -0.345 e. The summed E-state index contributed by atoms with van der Waals surface area (Å²) >= 11 is 1.15. The maximum Gasteiger partial charge on any atom is 0.271 e. The van der Waals surface area contributed by atoms with E-state index in [0.717, 1.165) is 28.9 Å². The first-order valence-corrected chi connectivity index (χ1v) is 11.7. The number of anilines is 1. The van der Waals surface area contributed by atoms with E-state index >= 15 is 0 Å². The molecule has 0 aliphatic heterocycles. The summed E-state index contributed by atoms with van der Waals surface area (Å²) in [7, 11) is -3.60. The second-order valence-electron chi connectivity index (χ2n) is 6.91. The van der Waals surface area contributed by atoms with Crippen LogP contribution in [0.4, 0.5) is 5.69 Å². The molecule has 0 saturated carbocycles. The summed E-state index contributed by atoms with van der Waals surface area (Å²) in [5.74, 6) is -0.190. The minimum absolute atomic E-state index is 0.0832. The van der Waals surface area contributed by atoms with E-state index in [-0.39, 0.29) is 16.2 Å². The molecule has 3 rings (SSSR count). The van der Waals surface area contributed by atoms with Gasteiger partial charge in [-0.15, -0.1) is 11.3 Å². The Balaban J connectivity index is 1.71. The first-order valence-electron chi connectivity index (χ1n) is 9.34. The van der Waals surface area contributed by atoms with Gasteiger partial charge < -0.3 is 5.32 Å². The van der Waals surface area contributed by atoms with Crippen molar-refractivity contribution in [3.05, 3.63) is 82.2 Å². The molecular formula is C22H24N2O3S2. The Morgan fingerprint density at radius 2 is 1.79 bits per heavy atom. The molecule has 0 aliphatic rings. The van der Waals surface area contributed by atoms with Gasteiger partial charge in [0.1, 0.15) is 4.21 Å². The molecule has 0 fully saturated rings. The summed E-state index contributed by atoms with van der Waals surface area (Å²) in [5, 5.41) is 4.78. The van der Waals surface area contributed by atoms with Crippen LogP contribution in [0.15, 0.2) is 64.2 Å². The molecule has 0 bridgehead atoms. The Hall–Kier alpha value is -2.64. The molecule has 0 radical (unpaired) electrons. The van der Waals surface area contributed by atoms with Gasteiger partial charge in [0.2, 0.25) is 0 Å². The Kier molecular flexibility index (Phi) is 6.39. The van der Waals surface area contributed by atoms with Crippen LogP contribution in [0, 0.1) is 13.8 Å². The molecule has 152 valence electrons. The Morgan fingerprint density at radius 3 is 2.38 bits per heavy atom. The lowest BCUT2D eigenvalue weighted by atomic mass is 9.97. The third-order valence-electron chi connectivity index (χ3n) is 4.67. The van der Waals surface area contributed by atoms with Crippen LogP contribution in [0.1, 0.15) is 46.4 Å². The maximum absolute atomic E-state index is 12.7. The highest BCUT2D eigenvalue weighted by Gasteiger charge is 2.17. The number of nitrogens with one attached hydrogen (secondary N) is 2. The zero-order valence-electron chi connectivity index (χ0n) is 16.6. The van der Waals surface area contributed by atoms with Gasteiger partial charge in [0.05, 0.1) is 6.04 Å². The van der Waals surface area contributed by atoms with E-state index in [1.54, 1.807) is 41.8 Å². The van der Waals surface area contributed by atoms with Crippen LogP contribution in [-0.2, 0) is 10.0 Å². The third kappa shape index (κ3) is 5.05. The molecule has 29 heavy (non-hydrogen) atoms. The lowest BCUT2D eigenvalue weighted by Crippen LogP contribution is -2.28. The Bertz CT molecular complexity index is 1090. The minimum atomic E-state index is -3.60. The number of benzene rings is 2. The lowest BCUT2D eigenvalue weighted by molar-refractivity contribution is 0.0935. The lowest BCUT2D eigenvalue weighted by Gasteiger charge is -2.20. The number of amides is 1. The molecule has 1 heterocycles. The second kappa shape index (κ2) is 8.80. The molecule has 0 unspecified atom stereocenters. The van der Waals surface area contributed by atoms with Crippen molar-refractivity contribution in [1.82, 2.24) is 5.32 Å². The molecule has 5 nitrogen and oxygen atoms in total. The van der Waals surface area contributed by atoms with Crippen molar-refractivity contribution in [2.45, 2.75) is 37.4 Å². The van der Waals surface area contributed by atoms with Crippen LogP contribution in [0.5, 0.6) is 0 Å². The third-order valence-corrected chi connectivity index (χ3v) is 7.45. The number of sulfonamides is 1. The zero-order valence-corrected chi connectivity index (χ0v) is 18.2.